The van der Waals surface area contributed by atoms with Crippen LogP contribution in [-0.2, 0) is 11.3 Å². The summed E-state index contributed by atoms with van der Waals surface area (Å²) in [6.45, 7) is 8.74. The van der Waals surface area contributed by atoms with Crippen molar-refractivity contribution in [2.45, 2.75) is 39.7 Å². The lowest BCUT2D eigenvalue weighted by molar-refractivity contribution is -0.121. The fourth-order valence-corrected chi connectivity index (χ4v) is 3.17. The predicted molar refractivity (Wildman–Crippen MR) is 116 cm³/mol. The molecule has 0 radical (unpaired) electrons. The maximum atomic E-state index is 11.5. The zero-order chi connectivity index (χ0) is 18.1. The van der Waals surface area contributed by atoms with Crippen LogP contribution in [0.25, 0.3) is 0 Å². The lowest BCUT2D eigenvalue weighted by Crippen LogP contribution is -2.46. The molecule has 1 saturated heterocycles. The maximum absolute atomic E-state index is 11.5. The van der Waals surface area contributed by atoms with Crippen LogP contribution < -0.4 is 10.6 Å². The molecule has 7 nitrogen and oxygen atoms in total. The van der Waals surface area contributed by atoms with Gasteiger partial charge >= 0.3 is 0 Å². The minimum Gasteiger partial charge on any atom is -0.359 e. The van der Waals surface area contributed by atoms with Crippen molar-refractivity contribution in [1.82, 2.24) is 25.3 Å². The van der Waals surface area contributed by atoms with Gasteiger partial charge in [-0.2, -0.15) is 5.10 Å². The molecule has 2 heterocycles. The number of carbonyl (C=O) groups excluding carboxylic acids is 1. The summed E-state index contributed by atoms with van der Waals surface area (Å²) >= 11 is 0. The summed E-state index contributed by atoms with van der Waals surface area (Å²) in [4.78, 5) is 18.7. The number of nitrogens with one attached hydrogen (secondary N) is 2. The van der Waals surface area contributed by atoms with E-state index in [4.69, 9.17) is 4.99 Å². The highest BCUT2D eigenvalue weighted by Crippen LogP contribution is 2.20. The molecule has 2 N–H and O–H groups in total. The Morgan fingerprint density at radius 2 is 2.12 bits per heavy atom. The molecule has 0 aliphatic carbocycles. The number of aliphatic imine (C=N–C) groups is 1. The largest absolute Gasteiger partial charge is 0.359 e. The minimum absolute atomic E-state index is 0. The van der Waals surface area contributed by atoms with Gasteiger partial charge in [0.1, 0.15) is 0 Å². The summed E-state index contributed by atoms with van der Waals surface area (Å²) in [6.07, 6.45) is 6.52. The van der Waals surface area contributed by atoms with Gasteiger partial charge in [-0.25, -0.2) is 0 Å². The fraction of sp³-hybridized carbons (Fsp3) is 0.722. The second kappa shape index (κ2) is 12.1. The fourth-order valence-electron chi connectivity index (χ4n) is 3.17. The zero-order valence-corrected chi connectivity index (χ0v) is 18.5. The molecule has 1 aromatic heterocycles. The Bertz CT molecular complexity index is 540. The van der Waals surface area contributed by atoms with Crippen molar-refractivity contribution in [3.8, 4) is 0 Å². The first-order valence-corrected chi connectivity index (χ1v) is 9.33. The number of amides is 1. The average Bonchev–Trinajstić information content (AvgIpc) is 3.12. The second-order valence-electron chi connectivity index (χ2n) is 6.84. The zero-order valence-electron chi connectivity index (χ0n) is 16.1. The van der Waals surface area contributed by atoms with Gasteiger partial charge in [-0.1, -0.05) is 6.92 Å². The number of carbonyl (C=O) groups is 1. The van der Waals surface area contributed by atoms with E-state index < -0.39 is 0 Å². The van der Waals surface area contributed by atoms with Crippen LogP contribution in [0.2, 0.25) is 0 Å². The van der Waals surface area contributed by atoms with E-state index in [1.165, 1.54) is 0 Å². The maximum Gasteiger partial charge on any atom is 0.220 e. The molecule has 1 unspecified atom stereocenters. The standard InChI is InChI=1S/C18H32N6O.HI/c1-4-20-18(21-13-15(2)14-24-9-5-8-22-24)23-10-6-16(7-11-23)12-17(25)19-3;/h5,8-9,15-16H,4,6-7,10-14H2,1-3H3,(H,19,25)(H,20,21);1H. The van der Waals surface area contributed by atoms with Crippen LogP contribution in [-0.4, -0.2) is 59.8 Å². The Morgan fingerprint density at radius 3 is 2.69 bits per heavy atom. The molecule has 2 rings (SSSR count). The molecule has 0 bridgehead atoms. The highest BCUT2D eigenvalue weighted by molar-refractivity contribution is 14.0. The number of hydrogen-bond donors (Lipinski definition) is 2. The van der Waals surface area contributed by atoms with Gasteiger partial charge in [0.15, 0.2) is 5.96 Å². The van der Waals surface area contributed by atoms with Gasteiger partial charge in [0, 0.05) is 58.6 Å². The van der Waals surface area contributed by atoms with Crippen molar-refractivity contribution in [3.63, 3.8) is 0 Å². The van der Waals surface area contributed by atoms with E-state index in [2.05, 4.69) is 34.5 Å². The summed E-state index contributed by atoms with van der Waals surface area (Å²) in [7, 11) is 1.71. The van der Waals surface area contributed by atoms with Gasteiger partial charge < -0.3 is 15.5 Å². The Morgan fingerprint density at radius 1 is 1.38 bits per heavy atom. The third-order valence-electron chi connectivity index (χ3n) is 4.61. The Hall–Kier alpha value is -1.32. The van der Waals surface area contributed by atoms with Crippen molar-refractivity contribution in [2.24, 2.45) is 16.8 Å². The summed E-state index contributed by atoms with van der Waals surface area (Å²) in [5.74, 6) is 2.05. The van der Waals surface area contributed by atoms with Crippen LogP contribution in [0.4, 0.5) is 0 Å². The van der Waals surface area contributed by atoms with E-state index in [9.17, 15) is 4.79 Å². The van der Waals surface area contributed by atoms with Gasteiger partial charge in [-0.05, 0) is 37.7 Å². The molecule has 148 valence electrons. The van der Waals surface area contributed by atoms with Gasteiger partial charge in [0.05, 0.1) is 0 Å². The third-order valence-corrected chi connectivity index (χ3v) is 4.61. The van der Waals surface area contributed by atoms with E-state index in [1.807, 2.05) is 23.1 Å². The first kappa shape index (κ1) is 22.7. The molecule has 1 fully saturated rings. The topological polar surface area (TPSA) is 74.5 Å². The number of hydrogen-bond acceptors (Lipinski definition) is 3. The van der Waals surface area contributed by atoms with Crippen LogP contribution in [0, 0.1) is 11.8 Å². The average molecular weight is 476 g/mol. The quantitative estimate of drug-likeness (QED) is 0.359. The molecule has 0 spiro atoms. The number of rotatable bonds is 7. The van der Waals surface area contributed by atoms with Gasteiger partial charge in [0.2, 0.25) is 5.91 Å². The molecule has 0 aromatic carbocycles. The summed E-state index contributed by atoms with van der Waals surface area (Å²) in [5, 5.41) is 10.4. The number of nitrogens with zero attached hydrogens (tertiary/aromatic N) is 4. The molecular formula is C18H33IN6O. The van der Waals surface area contributed by atoms with Crippen LogP contribution in [0.5, 0.6) is 0 Å². The summed E-state index contributed by atoms with van der Waals surface area (Å²) < 4.78 is 1.96. The molecule has 1 atom stereocenters. The number of halogens is 1. The third kappa shape index (κ3) is 7.51. The minimum atomic E-state index is 0. The van der Waals surface area contributed by atoms with Crippen LogP contribution >= 0.6 is 24.0 Å². The van der Waals surface area contributed by atoms with E-state index in [-0.39, 0.29) is 29.9 Å². The highest BCUT2D eigenvalue weighted by Gasteiger charge is 2.23. The van der Waals surface area contributed by atoms with E-state index in [1.54, 1.807) is 7.05 Å². The van der Waals surface area contributed by atoms with E-state index >= 15 is 0 Å². The molecule has 1 aliphatic rings. The smallest absolute Gasteiger partial charge is 0.220 e. The van der Waals surface area contributed by atoms with Crippen molar-refractivity contribution in [1.29, 1.82) is 0 Å². The summed E-state index contributed by atoms with van der Waals surface area (Å²) in [6, 6.07) is 1.95. The molecular weight excluding hydrogens is 443 g/mol. The van der Waals surface area contributed by atoms with Crippen LogP contribution in [0.1, 0.15) is 33.1 Å². The van der Waals surface area contributed by atoms with E-state index in [0.29, 0.717) is 18.3 Å². The van der Waals surface area contributed by atoms with Crippen molar-refractivity contribution < 1.29 is 4.79 Å². The summed E-state index contributed by atoms with van der Waals surface area (Å²) in [5.41, 5.74) is 0. The lowest BCUT2D eigenvalue weighted by Gasteiger charge is -2.34. The number of likely N-dealkylation sites (tertiary alicyclic amines) is 1. The molecule has 26 heavy (non-hydrogen) atoms. The normalized spacial score (nSPS) is 16.7. The van der Waals surface area contributed by atoms with Gasteiger partial charge in [-0.3, -0.25) is 14.5 Å². The molecule has 1 aliphatic heterocycles. The van der Waals surface area contributed by atoms with Crippen molar-refractivity contribution in [3.05, 3.63) is 18.5 Å². The number of guanidine groups is 1. The second-order valence-corrected chi connectivity index (χ2v) is 6.84. The number of aromatic nitrogens is 2. The molecule has 0 saturated carbocycles. The van der Waals surface area contributed by atoms with Crippen molar-refractivity contribution >= 4 is 35.8 Å². The Kier molecular flexibility index (Phi) is 10.6. The molecule has 1 amide bonds. The first-order valence-electron chi connectivity index (χ1n) is 9.33. The number of piperidine rings is 1. The van der Waals surface area contributed by atoms with Gasteiger partial charge in [0.25, 0.3) is 0 Å². The predicted octanol–water partition coefficient (Wildman–Crippen LogP) is 1.95. The Labute approximate surface area is 174 Å². The Balaban J connectivity index is 0.00000338. The lowest BCUT2D eigenvalue weighted by atomic mass is 9.93. The van der Waals surface area contributed by atoms with Crippen LogP contribution in [0.15, 0.2) is 23.5 Å². The van der Waals surface area contributed by atoms with Crippen LogP contribution in [0.3, 0.4) is 0 Å². The highest BCUT2D eigenvalue weighted by atomic mass is 127. The van der Waals surface area contributed by atoms with Crippen molar-refractivity contribution in [2.75, 3.05) is 33.2 Å². The molecule has 1 aromatic rings. The monoisotopic (exact) mass is 476 g/mol. The van der Waals surface area contributed by atoms with Gasteiger partial charge in [-0.15, -0.1) is 24.0 Å². The van der Waals surface area contributed by atoms with E-state index in [0.717, 1.165) is 51.5 Å². The first-order chi connectivity index (χ1) is 12.1. The SMILES string of the molecule is CCNC(=NCC(C)Cn1cccn1)N1CCC(CC(=O)NC)CC1.I. The molecule has 8 heteroatoms.